The SMILES string of the molecule is Clc1ccc2[nH]c3c(c2c1)CCN=C3CC1C=CCC1. The number of rotatable bonds is 2. The summed E-state index contributed by atoms with van der Waals surface area (Å²) in [7, 11) is 0. The first kappa shape index (κ1) is 12.2. The molecule has 20 heavy (non-hydrogen) atoms. The lowest BCUT2D eigenvalue weighted by Gasteiger charge is -2.16. The Bertz CT molecular complexity index is 724. The summed E-state index contributed by atoms with van der Waals surface area (Å²) in [6.45, 7) is 0.901. The minimum atomic E-state index is 0.662. The number of aromatic amines is 1. The van der Waals surface area contributed by atoms with Crippen molar-refractivity contribution in [3.8, 4) is 0 Å². The smallest absolute Gasteiger partial charge is 0.0638 e. The summed E-state index contributed by atoms with van der Waals surface area (Å²) in [5.41, 5.74) is 5.06. The highest BCUT2D eigenvalue weighted by Crippen LogP contribution is 2.31. The van der Waals surface area contributed by atoms with E-state index in [1.165, 1.54) is 40.7 Å². The summed E-state index contributed by atoms with van der Waals surface area (Å²) in [4.78, 5) is 8.32. The first-order valence-electron chi connectivity index (χ1n) is 7.32. The Hall–Kier alpha value is -1.54. The molecule has 1 atom stereocenters. The first-order chi connectivity index (χ1) is 9.81. The number of nitrogens with one attached hydrogen (secondary N) is 1. The zero-order valence-electron chi connectivity index (χ0n) is 11.3. The topological polar surface area (TPSA) is 28.1 Å². The van der Waals surface area contributed by atoms with Gasteiger partial charge in [-0.05, 0) is 55.4 Å². The molecule has 102 valence electrons. The summed E-state index contributed by atoms with van der Waals surface area (Å²) >= 11 is 6.14. The molecule has 1 aromatic carbocycles. The van der Waals surface area contributed by atoms with E-state index >= 15 is 0 Å². The molecule has 1 N–H and O–H groups in total. The van der Waals surface area contributed by atoms with Crippen LogP contribution in [-0.4, -0.2) is 17.2 Å². The van der Waals surface area contributed by atoms with Crippen molar-refractivity contribution in [3.63, 3.8) is 0 Å². The van der Waals surface area contributed by atoms with Crippen molar-refractivity contribution in [3.05, 3.63) is 46.6 Å². The van der Waals surface area contributed by atoms with E-state index in [0.29, 0.717) is 5.92 Å². The Morgan fingerprint density at radius 3 is 3.15 bits per heavy atom. The molecule has 0 radical (unpaired) electrons. The number of halogens is 1. The Labute approximate surface area is 123 Å². The molecule has 2 heterocycles. The second-order valence-electron chi connectivity index (χ2n) is 5.72. The molecule has 1 aromatic heterocycles. The van der Waals surface area contributed by atoms with E-state index in [0.717, 1.165) is 24.4 Å². The molecular formula is C17H17ClN2. The van der Waals surface area contributed by atoms with Gasteiger partial charge in [-0.2, -0.15) is 0 Å². The van der Waals surface area contributed by atoms with Gasteiger partial charge in [0.25, 0.3) is 0 Å². The molecule has 0 amide bonds. The fourth-order valence-electron chi connectivity index (χ4n) is 3.39. The van der Waals surface area contributed by atoms with Gasteiger partial charge in [-0.3, -0.25) is 4.99 Å². The number of H-pyrrole nitrogens is 1. The fraction of sp³-hybridized carbons (Fsp3) is 0.353. The molecule has 0 fully saturated rings. The van der Waals surface area contributed by atoms with Crippen LogP contribution in [0.1, 0.15) is 30.5 Å². The summed E-state index contributed by atoms with van der Waals surface area (Å²) in [6, 6.07) is 6.09. The summed E-state index contributed by atoms with van der Waals surface area (Å²) in [5.74, 6) is 0.662. The minimum absolute atomic E-state index is 0.662. The predicted octanol–water partition coefficient (Wildman–Crippen LogP) is 4.52. The van der Waals surface area contributed by atoms with E-state index in [1.807, 2.05) is 6.07 Å². The van der Waals surface area contributed by atoms with Crippen molar-refractivity contribution < 1.29 is 0 Å². The van der Waals surface area contributed by atoms with E-state index in [4.69, 9.17) is 16.6 Å². The molecule has 1 aliphatic carbocycles. The van der Waals surface area contributed by atoms with E-state index in [2.05, 4.69) is 29.3 Å². The molecule has 2 nitrogen and oxygen atoms in total. The number of fused-ring (bicyclic) bond motifs is 3. The van der Waals surface area contributed by atoms with Crippen molar-refractivity contribution in [2.24, 2.45) is 10.9 Å². The number of hydrogen-bond acceptors (Lipinski definition) is 1. The Balaban J connectivity index is 1.76. The van der Waals surface area contributed by atoms with Crippen molar-refractivity contribution in [2.45, 2.75) is 25.7 Å². The van der Waals surface area contributed by atoms with Crippen LogP contribution in [0.3, 0.4) is 0 Å². The largest absolute Gasteiger partial charge is 0.353 e. The maximum atomic E-state index is 6.14. The summed E-state index contributed by atoms with van der Waals surface area (Å²) in [6.07, 6.45) is 9.19. The Morgan fingerprint density at radius 1 is 1.35 bits per heavy atom. The van der Waals surface area contributed by atoms with Crippen molar-refractivity contribution in [1.29, 1.82) is 0 Å². The summed E-state index contributed by atoms with van der Waals surface area (Å²) in [5, 5.41) is 2.07. The van der Waals surface area contributed by atoms with Gasteiger partial charge in [0.05, 0.1) is 11.4 Å². The van der Waals surface area contributed by atoms with Crippen LogP contribution in [-0.2, 0) is 6.42 Å². The van der Waals surface area contributed by atoms with Crippen LogP contribution in [0.15, 0.2) is 35.3 Å². The molecule has 2 aliphatic rings. The van der Waals surface area contributed by atoms with Crippen molar-refractivity contribution in [2.75, 3.05) is 6.54 Å². The molecule has 0 spiro atoms. The van der Waals surface area contributed by atoms with E-state index in [9.17, 15) is 0 Å². The molecule has 1 unspecified atom stereocenters. The molecule has 0 saturated heterocycles. The average Bonchev–Trinajstić information content (AvgIpc) is 3.07. The first-order valence-corrected chi connectivity index (χ1v) is 7.69. The van der Waals surface area contributed by atoms with Crippen molar-refractivity contribution >= 4 is 28.2 Å². The second kappa shape index (κ2) is 4.78. The maximum Gasteiger partial charge on any atom is 0.0638 e. The number of aliphatic imine (C=N–C) groups is 1. The molecule has 1 aliphatic heterocycles. The molecule has 3 heteroatoms. The lowest BCUT2D eigenvalue weighted by molar-refractivity contribution is 0.656. The normalized spacial score (nSPS) is 21.2. The highest BCUT2D eigenvalue weighted by molar-refractivity contribution is 6.31. The van der Waals surface area contributed by atoms with Crippen LogP contribution in [0.4, 0.5) is 0 Å². The van der Waals surface area contributed by atoms with Crippen LogP contribution in [0, 0.1) is 5.92 Å². The second-order valence-corrected chi connectivity index (χ2v) is 6.15. The number of nitrogens with zero attached hydrogens (tertiary/aromatic N) is 1. The van der Waals surface area contributed by atoms with Crippen LogP contribution in [0.25, 0.3) is 10.9 Å². The number of benzene rings is 1. The fourth-order valence-corrected chi connectivity index (χ4v) is 3.56. The third-order valence-corrected chi connectivity index (χ3v) is 4.62. The van der Waals surface area contributed by atoms with Gasteiger partial charge in [0, 0.05) is 22.5 Å². The van der Waals surface area contributed by atoms with Gasteiger partial charge in [0.1, 0.15) is 0 Å². The molecule has 2 aromatic rings. The minimum Gasteiger partial charge on any atom is -0.353 e. The molecule has 0 saturated carbocycles. The molecule has 0 bridgehead atoms. The van der Waals surface area contributed by atoms with Crippen LogP contribution < -0.4 is 0 Å². The number of aromatic nitrogens is 1. The van der Waals surface area contributed by atoms with Crippen LogP contribution in [0.5, 0.6) is 0 Å². The predicted molar refractivity (Wildman–Crippen MR) is 84.9 cm³/mol. The zero-order valence-corrected chi connectivity index (χ0v) is 12.1. The lowest BCUT2D eigenvalue weighted by Crippen LogP contribution is -2.15. The van der Waals surface area contributed by atoms with E-state index in [1.54, 1.807) is 0 Å². The summed E-state index contributed by atoms with van der Waals surface area (Å²) < 4.78 is 0. The maximum absolute atomic E-state index is 6.14. The Kier molecular flexibility index (Phi) is 2.92. The highest BCUT2D eigenvalue weighted by atomic mass is 35.5. The number of hydrogen-bond donors (Lipinski definition) is 1. The van der Waals surface area contributed by atoms with Crippen molar-refractivity contribution in [1.82, 2.24) is 4.98 Å². The molecule has 4 rings (SSSR count). The molecular weight excluding hydrogens is 268 g/mol. The van der Waals surface area contributed by atoms with E-state index in [-0.39, 0.29) is 0 Å². The Morgan fingerprint density at radius 2 is 2.30 bits per heavy atom. The zero-order chi connectivity index (χ0) is 13.5. The van der Waals surface area contributed by atoms with Gasteiger partial charge < -0.3 is 4.98 Å². The van der Waals surface area contributed by atoms with Gasteiger partial charge in [-0.25, -0.2) is 0 Å². The quantitative estimate of drug-likeness (QED) is 0.785. The van der Waals surface area contributed by atoms with Gasteiger partial charge in [-0.15, -0.1) is 0 Å². The number of allylic oxidation sites excluding steroid dienone is 2. The standard InChI is InChI=1S/C17H17ClN2/c18-12-5-6-15-14(10-12)13-7-8-19-16(17(13)20-15)9-11-3-1-2-4-11/h1,3,5-6,10-11,20H,2,4,7-9H2. The van der Waals surface area contributed by atoms with Crippen LogP contribution in [0.2, 0.25) is 5.02 Å². The van der Waals surface area contributed by atoms with Gasteiger partial charge in [0.2, 0.25) is 0 Å². The lowest BCUT2D eigenvalue weighted by atomic mass is 9.95. The van der Waals surface area contributed by atoms with E-state index < -0.39 is 0 Å². The highest BCUT2D eigenvalue weighted by Gasteiger charge is 2.22. The van der Waals surface area contributed by atoms with Crippen LogP contribution >= 0.6 is 11.6 Å². The van der Waals surface area contributed by atoms with Gasteiger partial charge in [-0.1, -0.05) is 23.8 Å². The monoisotopic (exact) mass is 284 g/mol. The third-order valence-electron chi connectivity index (χ3n) is 4.39. The van der Waals surface area contributed by atoms with Gasteiger partial charge >= 0.3 is 0 Å². The average molecular weight is 285 g/mol. The van der Waals surface area contributed by atoms with Gasteiger partial charge in [0.15, 0.2) is 0 Å². The third kappa shape index (κ3) is 1.99.